The Hall–Kier alpha value is -4.67. The molecule has 4 aromatic heterocycles. The highest BCUT2D eigenvalue weighted by atomic mass is 16.6. The Morgan fingerprint density at radius 1 is 1.00 bits per heavy atom. The molecule has 1 amide bonds. The smallest absolute Gasteiger partial charge is 0.410 e. The maximum absolute atomic E-state index is 12.9. The summed E-state index contributed by atoms with van der Waals surface area (Å²) in [7, 11) is 0. The minimum atomic E-state index is -0.501. The van der Waals surface area contributed by atoms with E-state index in [1.54, 1.807) is 10.8 Å². The second-order valence-electron chi connectivity index (χ2n) is 12.3. The Kier molecular flexibility index (Phi) is 6.25. The van der Waals surface area contributed by atoms with Gasteiger partial charge < -0.3 is 19.7 Å². The van der Waals surface area contributed by atoms with Crippen LogP contribution in [0.3, 0.4) is 0 Å². The van der Waals surface area contributed by atoms with Crippen LogP contribution >= 0.6 is 0 Å². The first-order valence-electron chi connectivity index (χ1n) is 14.4. The highest BCUT2D eigenvalue weighted by molar-refractivity contribution is 5.78. The largest absolute Gasteiger partial charge is 0.457 e. The number of hydrogen-bond donors (Lipinski definition) is 1. The molecule has 3 atom stereocenters. The average Bonchev–Trinajstić information content (AvgIpc) is 3.61. The fraction of sp³-hybridized carbons (Fsp3) is 0.387. The Balaban J connectivity index is 1.12. The summed E-state index contributed by atoms with van der Waals surface area (Å²) in [4.78, 5) is 23.7. The Morgan fingerprint density at radius 2 is 1.81 bits per heavy atom. The van der Waals surface area contributed by atoms with E-state index in [1.807, 2.05) is 79.8 Å². The van der Waals surface area contributed by atoms with Crippen molar-refractivity contribution in [2.75, 3.05) is 11.9 Å². The number of nitrogens with one attached hydrogen (secondary N) is 1. The van der Waals surface area contributed by atoms with Crippen molar-refractivity contribution in [3.63, 3.8) is 0 Å². The van der Waals surface area contributed by atoms with E-state index < -0.39 is 5.60 Å². The first-order chi connectivity index (χ1) is 20.2. The molecule has 2 bridgehead atoms. The first kappa shape index (κ1) is 26.2. The number of hydrogen-bond acceptors (Lipinski definition) is 8. The lowest BCUT2D eigenvalue weighted by Gasteiger charge is -2.49. The Bertz CT molecular complexity index is 1790. The molecule has 5 aromatic rings. The van der Waals surface area contributed by atoms with Gasteiger partial charge in [-0.05, 0) is 100 Å². The van der Waals surface area contributed by atoms with Gasteiger partial charge in [-0.1, -0.05) is 0 Å². The number of aryl methyl sites for hydroxylation is 1. The van der Waals surface area contributed by atoms with E-state index in [2.05, 4.69) is 31.5 Å². The van der Waals surface area contributed by atoms with Gasteiger partial charge in [-0.2, -0.15) is 10.2 Å². The highest BCUT2D eigenvalue weighted by Crippen LogP contribution is 2.47. The molecule has 2 aliphatic heterocycles. The van der Waals surface area contributed by atoms with Crippen molar-refractivity contribution in [1.82, 2.24) is 34.1 Å². The molecule has 11 nitrogen and oxygen atoms in total. The maximum atomic E-state index is 12.9. The lowest BCUT2D eigenvalue weighted by Crippen LogP contribution is -2.54. The molecule has 216 valence electrons. The summed E-state index contributed by atoms with van der Waals surface area (Å²) in [6.45, 7) is 8.48. The summed E-state index contributed by atoms with van der Waals surface area (Å²) in [5.41, 5.74) is 4.30. The molecule has 1 saturated carbocycles. The van der Waals surface area contributed by atoms with E-state index in [0.29, 0.717) is 24.1 Å². The standard InChI is InChI=1S/C31H34N8O3/c1-19-13-21(6-8-26(19)41-23-9-11-38-27(15-23)32-17-34-38)36-29-28-24(10-12-39(28)35-18-33-29)25-14-22-7-5-20(25)16-37(22)30(40)42-31(2,3)4/h6,8-13,15,17-18,20,22,25H,5,7,14,16H2,1-4H3,(H,33,35,36). The minimum Gasteiger partial charge on any atom is -0.457 e. The van der Waals surface area contributed by atoms with Gasteiger partial charge >= 0.3 is 6.09 Å². The number of anilines is 2. The molecule has 0 radical (unpaired) electrons. The fourth-order valence-corrected chi connectivity index (χ4v) is 6.37. The molecule has 8 rings (SSSR count). The van der Waals surface area contributed by atoms with Gasteiger partial charge in [0.15, 0.2) is 11.5 Å². The van der Waals surface area contributed by atoms with Gasteiger partial charge in [0, 0.05) is 36.7 Å². The summed E-state index contributed by atoms with van der Waals surface area (Å²) in [6, 6.07) is 12.0. The topological polar surface area (TPSA) is 111 Å². The van der Waals surface area contributed by atoms with Crippen LogP contribution in [0.5, 0.6) is 11.5 Å². The molecule has 11 heteroatoms. The van der Waals surface area contributed by atoms with E-state index in [9.17, 15) is 4.79 Å². The lowest BCUT2D eigenvalue weighted by atomic mass is 9.69. The van der Waals surface area contributed by atoms with E-state index >= 15 is 0 Å². The predicted octanol–water partition coefficient (Wildman–Crippen LogP) is 6.12. The van der Waals surface area contributed by atoms with Gasteiger partial charge in [0.1, 0.15) is 35.3 Å². The van der Waals surface area contributed by atoms with Gasteiger partial charge in [0.25, 0.3) is 0 Å². The summed E-state index contributed by atoms with van der Waals surface area (Å²) < 4.78 is 15.5. The number of nitrogens with zero attached hydrogens (tertiary/aromatic N) is 7. The highest BCUT2D eigenvalue weighted by Gasteiger charge is 2.45. The minimum absolute atomic E-state index is 0.173. The van der Waals surface area contributed by atoms with Crippen LogP contribution in [0.4, 0.5) is 16.3 Å². The van der Waals surface area contributed by atoms with E-state index in [4.69, 9.17) is 9.47 Å². The second-order valence-corrected chi connectivity index (χ2v) is 12.3. The van der Waals surface area contributed by atoms with Crippen LogP contribution in [0.2, 0.25) is 0 Å². The second kappa shape index (κ2) is 10.0. The van der Waals surface area contributed by atoms with E-state index in [1.165, 1.54) is 11.9 Å². The van der Waals surface area contributed by atoms with Crippen molar-refractivity contribution >= 4 is 28.8 Å². The number of piperidine rings is 2. The number of ether oxygens (including phenoxy) is 2. The van der Waals surface area contributed by atoms with Crippen LogP contribution in [0.15, 0.2) is 61.4 Å². The number of amides is 1. The molecule has 3 unspecified atom stereocenters. The molecule has 6 heterocycles. The van der Waals surface area contributed by atoms with Crippen molar-refractivity contribution in [2.24, 2.45) is 5.92 Å². The Labute approximate surface area is 243 Å². The number of rotatable bonds is 5. The number of aromatic nitrogens is 6. The monoisotopic (exact) mass is 566 g/mol. The molecule has 42 heavy (non-hydrogen) atoms. The van der Waals surface area contributed by atoms with Crippen LogP contribution in [0.1, 0.15) is 57.1 Å². The molecule has 1 aliphatic carbocycles. The van der Waals surface area contributed by atoms with Crippen molar-refractivity contribution < 1.29 is 14.3 Å². The molecular formula is C31H34N8O3. The van der Waals surface area contributed by atoms with Gasteiger partial charge in [0.2, 0.25) is 0 Å². The molecule has 1 N–H and O–H groups in total. The number of pyridine rings is 1. The molecular weight excluding hydrogens is 532 g/mol. The van der Waals surface area contributed by atoms with Gasteiger partial charge in [-0.25, -0.2) is 23.8 Å². The lowest BCUT2D eigenvalue weighted by molar-refractivity contribution is -0.0178. The van der Waals surface area contributed by atoms with Gasteiger partial charge in [0.05, 0.1) is 0 Å². The number of fused-ring (bicyclic) bond motifs is 5. The summed E-state index contributed by atoms with van der Waals surface area (Å²) >= 11 is 0. The first-order valence-corrected chi connectivity index (χ1v) is 14.4. The molecule has 0 spiro atoms. The van der Waals surface area contributed by atoms with Crippen molar-refractivity contribution in [3.05, 3.63) is 72.6 Å². The zero-order valence-corrected chi connectivity index (χ0v) is 24.2. The molecule has 3 fully saturated rings. The molecule has 3 aliphatic rings. The maximum Gasteiger partial charge on any atom is 0.410 e. The van der Waals surface area contributed by atoms with Gasteiger partial charge in [-0.15, -0.1) is 0 Å². The number of benzene rings is 1. The summed E-state index contributed by atoms with van der Waals surface area (Å²) in [5, 5.41) is 12.1. The van der Waals surface area contributed by atoms with Gasteiger partial charge in [-0.3, -0.25) is 0 Å². The number of carbonyl (C=O) groups excluding carboxylic acids is 1. The van der Waals surface area contributed by atoms with Crippen LogP contribution in [-0.4, -0.2) is 58.4 Å². The van der Waals surface area contributed by atoms with Crippen LogP contribution < -0.4 is 10.1 Å². The molecule has 1 aromatic carbocycles. The van der Waals surface area contributed by atoms with Crippen LogP contribution in [0.25, 0.3) is 11.2 Å². The third-order valence-electron chi connectivity index (χ3n) is 8.27. The molecule has 2 saturated heterocycles. The normalized spacial score (nSPS) is 20.3. The average molecular weight is 567 g/mol. The third kappa shape index (κ3) is 4.88. The zero-order chi connectivity index (χ0) is 29.0. The Morgan fingerprint density at radius 3 is 2.60 bits per heavy atom. The number of carbonyl (C=O) groups is 1. The third-order valence-corrected chi connectivity index (χ3v) is 8.27. The van der Waals surface area contributed by atoms with Crippen LogP contribution in [-0.2, 0) is 4.74 Å². The summed E-state index contributed by atoms with van der Waals surface area (Å²) in [5.74, 6) is 2.88. The van der Waals surface area contributed by atoms with Crippen molar-refractivity contribution in [3.8, 4) is 11.5 Å². The zero-order valence-electron chi connectivity index (χ0n) is 24.2. The van der Waals surface area contributed by atoms with Crippen molar-refractivity contribution in [1.29, 1.82) is 0 Å². The van der Waals surface area contributed by atoms with Crippen LogP contribution in [0, 0.1) is 12.8 Å². The summed E-state index contributed by atoms with van der Waals surface area (Å²) in [6.07, 6.45) is 9.71. The van der Waals surface area contributed by atoms with E-state index in [0.717, 1.165) is 53.2 Å². The van der Waals surface area contributed by atoms with Crippen molar-refractivity contribution in [2.45, 2.75) is 64.5 Å². The SMILES string of the molecule is Cc1cc(Nc2ncnn3ccc(C4CC5CCC4CN5C(=O)OC(C)(C)C)c23)ccc1Oc1ccn2ncnc2c1. The fourth-order valence-electron chi connectivity index (χ4n) is 6.37. The quantitative estimate of drug-likeness (QED) is 0.271. The predicted molar refractivity (Wildman–Crippen MR) is 157 cm³/mol. The van der Waals surface area contributed by atoms with E-state index in [-0.39, 0.29) is 12.1 Å².